The van der Waals surface area contributed by atoms with E-state index in [-0.39, 0.29) is 10.6 Å². The molecule has 78 valence electrons. The Morgan fingerprint density at radius 2 is 2.14 bits per heavy atom. The third-order valence-electron chi connectivity index (χ3n) is 1.65. The lowest BCUT2D eigenvalue weighted by molar-refractivity contribution is -0.203. The van der Waals surface area contributed by atoms with Gasteiger partial charge in [0.1, 0.15) is 0 Å². The van der Waals surface area contributed by atoms with Crippen LogP contribution >= 0.6 is 11.6 Å². The highest BCUT2D eigenvalue weighted by atomic mass is 35.5. The molecule has 0 saturated carbocycles. The summed E-state index contributed by atoms with van der Waals surface area (Å²) in [6.45, 7) is 0. The van der Waals surface area contributed by atoms with E-state index in [0.29, 0.717) is 0 Å². The van der Waals surface area contributed by atoms with E-state index in [9.17, 15) is 13.2 Å². The van der Waals surface area contributed by atoms with Crippen molar-refractivity contribution in [2.45, 2.75) is 18.7 Å². The molecular formula is C8H7ClF3NO. The minimum Gasteiger partial charge on any atom is -0.383 e. The minimum atomic E-state index is -4.62. The fraction of sp³-hybridized carbons (Fsp3) is 0.375. The van der Waals surface area contributed by atoms with E-state index in [0.717, 1.165) is 0 Å². The molecule has 1 heterocycles. The van der Waals surface area contributed by atoms with Gasteiger partial charge in [0.05, 0.1) is 5.02 Å². The van der Waals surface area contributed by atoms with E-state index < -0.39 is 18.7 Å². The van der Waals surface area contributed by atoms with Crippen LogP contribution in [0.5, 0.6) is 0 Å². The predicted molar refractivity (Wildman–Crippen MR) is 45.0 cm³/mol. The number of alkyl halides is 3. The number of aliphatic hydroxyl groups excluding tert-OH is 1. The SMILES string of the molecule is OC(Cc1ccncc1Cl)C(F)(F)F. The Bertz CT molecular complexity index is 316. The second-order valence-electron chi connectivity index (χ2n) is 2.73. The number of aromatic nitrogens is 1. The molecule has 2 nitrogen and oxygen atoms in total. The molecule has 0 saturated heterocycles. The van der Waals surface area contributed by atoms with E-state index in [1.807, 2.05) is 0 Å². The molecule has 1 N–H and O–H groups in total. The lowest BCUT2D eigenvalue weighted by Gasteiger charge is -2.14. The maximum atomic E-state index is 12.0. The van der Waals surface area contributed by atoms with Gasteiger partial charge in [-0.3, -0.25) is 4.98 Å². The first-order valence-corrected chi connectivity index (χ1v) is 4.12. The Morgan fingerprint density at radius 1 is 1.50 bits per heavy atom. The third-order valence-corrected chi connectivity index (χ3v) is 1.99. The Balaban J connectivity index is 2.75. The molecule has 0 radical (unpaired) electrons. The van der Waals surface area contributed by atoms with Crippen LogP contribution in [-0.4, -0.2) is 22.4 Å². The minimum absolute atomic E-state index is 0.121. The molecular weight excluding hydrogens is 219 g/mol. The van der Waals surface area contributed by atoms with Crippen LogP contribution < -0.4 is 0 Å². The van der Waals surface area contributed by atoms with Crippen LogP contribution in [0, 0.1) is 0 Å². The summed E-state index contributed by atoms with van der Waals surface area (Å²) in [6, 6.07) is 1.34. The number of rotatable bonds is 2. The third kappa shape index (κ3) is 2.85. The molecule has 6 heteroatoms. The lowest BCUT2D eigenvalue weighted by Crippen LogP contribution is -2.30. The van der Waals surface area contributed by atoms with E-state index in [2.05, 4.69) is 4.98 Å². The molecule has 14 heavy (non-hydrogen) atoms. The molecule has 1 unspecified atom stereocenters. The average molecular weight is 226 g/mol. The van der Waals surface area contributed by atoms with Gasteiger partial charge in [-0.25, -0.2) is 0 Å². The fourth-order valence-corrected chi connectivity index (χ4v) is 1.09. The van der Waals surface area contributed by atoms with E-state index in [1.165, 1.54) is 18.5 Å². The molecule has 0 spiro atoms. The molecule has 0 fully saturated rings. The highest BCUT2D eigenvalue weighted by molar-refractivity contribution is 6.31. The summed E-state index contributed by atoms with van der Waals surface area (Å²) in [5.41, 5.74) is 0.228. The van der Waals surface area contributed by atoms with Gasteiger partial charge in [0.15, 0.2) is 6.10 Å². The van der Waals surface area contributed by atoms with Gasteiger partial charge in [-0.2, -0.15) is 13.2 Å². The van der Waals surface area contributed by atoms with Crippen LogP contribution in [0.2, 0.25) is 5.02 Å². The summed E-state index contributed by atoms with van der Waals surface area (Å²) in [5, 5.41) is 8.88. The van der Waals surface area contributed by atoms with Crippen molar-refractivity contribution in [1.82, 2.24) is 4.98 Å². The summed E-state index contributed by atoms with van der Waals surface area (Å²) in [5.74, 6) is 0. The van der Waals surface area contributed by atoms with Gasteiger partial charge < -0.3 is 5.11 Å². The zero-order valence-corrected chi connectivity index (χ0v) is 7.68. The maximum Gasteiger partial charge on any atom is 0.414 e. The number of hydrogen-bond donors (Lipinski definition) is 1. The van der Waals surface area contributed by atoms with Gasteiger partial charge in [0.25, 0.3) is 0 Å². The Labute approximate surface area is 83.3 Å². The standard InChI is InChI=1S/C8H7ClF3NO/c9-6-4-13-2-1-5(6)3-7(14)8(10,11)12/h1-2,4,7,14H,3H2. The normalized spacial score (nSPS) is 14.1. The van der Waals surface area contributed by atoms with Crippen molar-refractivity contribution in [2.24, 2.45) is 0 Å². The summed E-state index contributed by atoms with van der Waals surface area (Å²) >= 11 is 5.58. The quantitative estimate of drug-likeness (QED) is 0.837. The molecule has 1 rings (SSSR count). The number of halogens is 4. The number of nitrogens with zero attached hydrogens (tertiary/aromatic N) is 1. The van der Waals surface area contributed by atoms with E-state index in [4.69, 9.17) is 16.7 Å². The molecule has 0 amide bonds. The van der Waals surface area contributed by atoms with Gasteiger partial charge in [0.2, 0.25) is 0 Å². The Hall–Kier alpha value is -0.810. The van der Waals surface area contributed by atoms with Crippen molar-refractivity contribution < 1.29 is 18.3 Å². The highest BCUT2D eigenvalue weighted by Crippen LogP contribution is 2.25. The molecule has 0 aromatic carbocycles. The van der Waals surface area contributed by atoms with Crippen LogP contribution in [0.1, 0.15) is 5.56 Å². The zero-order valence-electron chi connectivity index (χ0n) is 6.92. The van der Waals surface area contributed by atoms with E-state index >= 15 is 0 Å². The first-order valence-electron chi connectivity index (χ1n) is 3.74. The fourth-order valence-electron chi connectivity index (χ4n) is 0.894. The van der Waals surface area contributed by atoms with Crippen LogP contribution in [-0.2, 0) is 6.42 Å². The summed E-state index contributed by atoms with van der Waals surface area (Å²) in [6.07, 6.45) is -5.00. The number of aliphatic hydroxyl groups is 1. The highest BCUT2D eigenvalue weighted by Gasteiger charge is 2.38. The molecule has 0 aliphatic carbocycles. The first kappa shape index (κ1) is 11.3. The summed E-state index contributed by atoms with van der Waals surface area (Å²) in [7, 11) is 0. The monoisotopic (exact) mass is 225 g/mol. The largest absolute Gasteiger partial charge is 0.414 e. The first-order chi connectivity index (χ1) is 6.41. The van der Waals surface area contributed by atoms with Gasteiger partial charge in [-0.1, -0.05) is 11.6 Å². The summed E-state index contributed by atoms with van der Waals surface area (Å²) in [4.78, 5) is 3.62. The van der Waals surface area contributed by atoms with Gasteiger partial charge >= 0.3 is 6.18 Å². The lowest BCUT2D eigenvalue weighted by atomic mass is 10.1. The van der Waals surface area contributed by atoms with Crippen LogP contribution in [0.25, 0.3) is 0 Å². The van der Waals surface area contributed by atoms with Crippen LogP contribution in [0.15, 0.2) is 18.5 Å². The second-order valence-corrected chi connectivity index (χ2v) is 3.14. The van der Waals surface area contributed by atoms with Crippen molar-refractivity contribution in [3.8, 4) is 0 Å². The second kappa shape index (κ2) is 4.14. The van der Waals surface area contributed by atoms with Gasteiger partial charge in [-0.05, 0) is 11.6 Å². The van der Waals surface area contributed by atoms with Gasteiger partial charge in [0, 0.05) is 18.8 Å². The maximum absolute atomic E-state index is 12.0. The topological polar surface area (TPSA) is 33.1 Å². The molecule has 1 atom stereocenters. The molecule has 0 bridgehead atoms. The van der Waals surface area contributed by atoms with Gasteiger partial charge in [-0.15, -0.1) is 0 Å². The smallest absolute Gasteiger partial charge is 0.383 e. The molecule has 0 aliphatic heterocycles. The van der Waals surface area contributed by atoms with Crippen LogP contribution in [0.4, 0.5) is 13.2 Å². The van der Waals surface area contributed by atoms with Crippen molar-refractivity contribution >= 4 is 11.6 Å². The van der Waals surface area contributed by atoms with Crippen LogP contribution in [0.3, 0.4) is 0 Å². The number of pyridine rings is 1. The summed E-state index contributed by atoms with van der Waals surface area (Å²) < 4.78 is 35.9. The predicted octanol–water partition coefficient (Wildman–Crippen LogP) is 2.20. The zero-order chi connectivity index (χ0) is 10.8. The van der Waals surface area contributed by atoms with Crippen molar-refractivity contribution in [2.75, 3.05) is 0 Å². The molecule has 1 aromatic rings. The van der Waals surface area contributed by atoms with E-state index in [1.54, 1.807) is 0 Å². The Kier molecular flexibility index (Phi) is 3.34. The van der Waals surface area contributed by atoms with Crippen molar-refractivity contribution in [3.63, 3.8) is 0 Å². The molecule has 1 aromatic heterocycles. The number of hydrogen-bond acceptors (Lipinski definition) is 2. The van der Waals surface area contributed by atoms with Crippen molar-refractivity contribution in [3.05, 3.63) is 29.0 Å². The van der Waals surface area contributed by atoms with Crippen molar-refractivity contribution in [1.29, 1.82) is 0 Å². The average Bonchev–Trinajstić information content (AvgIpc) is 2.07. The Morgan fingerprint density at radius 3 is 2.64 bits per heavy atom. The molecule has 0 aliphatic rings.